The molecule has 2 aromatic rings. The van der Waals surface area contributed by atoms with Crippen LogP contribution in [0.2, 0.25) is 0 Å². The number of hydrogen-bond donors (Lipinski definition) is 2. The first kappa shape index (κ1) is 15.9. The van der Waals surface area contributed by atoms with Gasteiger partial charge in [-0.15, -0.1) is 0 Å². The van der Waals surface area contributed by atoms with E-state index in [4.69, 9.17) is 14.2 Å². The molecule has 2 aliphatic heterocycles. The number of carbonyl (C=O) groups excluding carboxylic acids is 3. The summed E-state index contributed by atoms with van der Waals surface area (Å²) >= 11 is 0. The van der Waals surface area contributed by atoms with Crippen molar-refractivity contribution in [1.29, 1.82) is 0 Å². The van der Waals surface area contributed by atoms with Crippen LogP contribution in [0.15, 0.2) is 30.3 Å². The van der Waals surface area contributed by atoms with Gasteiger partial charge in [-0.3, -0.25) is 14.9 Å². The van der Waals surface area contributed by atoms with Crippen LogP contribution in [0.1, 0.15) is 42.9 Å². The summed E-state index contributed by atoms with van der Waals surface area (Å²) in [4.78, 5) is 35.7. The van der Waals surface area contributed by atoms with E-state index >= 15 is 0 Å². The lowest BCUT2D eigenvalue weighted by Gasteiger charge is -2.15. The van der Waals surface area contributed by atoms with Crippen LogP contribution in [0.3, 0.4) is 0 Å². The molecule has 0 radical (unpaired) electrons. The summed E-state index contributed by atoms with van der Waals surface area (Å²) in [6.45, 7) is 0. The molecule has 2 aromatic carbocycles. The molecule has 2 heterocycles. The third kappa shape index (κ3) is 2.26. The topological polar surface area (TPSA) is 103 Å². The zero-order valence-electron chi connectivity index (χ0n) is 13.9. The Labute approximate surface area is 148 Å². The Morgan fingerprint density at radius 3 is 2.50 bits per heavy atom. The number of hydrogen-bond acceptors (Lipinski definition) is 7. The largest absolute Gasteiger partial charge is 0.493 e. The molecule has 8 heteroatoms. The van der Waals surface area contributed by atoms with E-state index in [2.05, 4.69) is 10.6 Å². The van der Waals surface area contributed by atoms with E-state index in [9.17, 15) is 14.4 Å². The van der Waals surface area contributed by atoms with Crippen molar-refractivity contribution < 1.29 is 28.6 Å². The van der Waals surface area contributed by atoms with Crippen LogP contribution in [0, 0.1) is 0 Å². The lowest BCUT2D eigenvalue weighted by Crippen LogP contribution is -2.19. The third-order valence-corrected chi connectivity index (χ3v) is 4.32. The quantitative estimate of drug-likeness (QED) is 0.638. The number of nitrogens with one attached hydrogen (secondary N) is 2. The maximum absolute atomic E-state index is 12.3. The van der Waals surface area contributed by atoms with Gasteiger partial charge in [0.2, 0.25) is 6.23 Å². The first-order chi connectivity index (χ1) is 12.5. The van der Waals surface area contributed by atoms with E-state index in [1.165, 1.54) is 14.2 Å². The van der Waals surface area contributed by atoms with Gasteiger partial charge < -0.3 is 19.5 Å². The lowest BCUT2D eigenvalue weighted by atomic mass is 10.1. The predicted octanol–water partition coefficient (Wildman–Crippen LogP) is 1.87. The summed E-state index contributed by atoms with van der Waals surface area (Å²) in [5, 5.41) is 5.28. The minimum atomic E-state index is -0.754. The van der Waals surface area contributed by atoms with Crippen LogP contribution in [0.25, 0.3) is 0 Å². The summed E-state index contributed by atoms with van der Waals surface area (Å²) in [5.41, 5.74) is 2.01. The lowest BCUT2D eigenvalue weighted by molar-refractivity contribution is 0.0434. The number of ether oxygens (including phenoxy) is 3. The molecule has 0 saturated heterocycles. The number of anilines is 1. The van der Waals surface area contributed by atoms with Crippen LogP contribution < -0.4 is 20.1 Å². The van der Waals surface area contributed by atoms with Crippen molar-refractivity contribution in [2.45, 2.75) is 6.23 Å². The number of rotatable bonds is 4. The number of benzene rings is 2. The number of cyclic esters (lactones) is 1. The third-order valence-electron chi connectivity index (χ3n) is 4.32. The molecule has 0 aliphatic carbocycles. The monoisotopic (exact) mass is 354 g/mol. The minimum Gasteiger partial charge on any atom is -0.493 e. The average Bonchev–Trinajstić information content (AvgIpc) is 3.10. The second kappa shape index (κ2) is 5.76. The van der Waals surface area contributed by atoms with E-state index in [1.54, 1.807) is 30.3 Å². The van der Waals surface area contributed by atoms with Gasteiger partial charge in [0, 0.05) is 11.3 Å². The molecule has 0 unspecified atom stereocenters. The fourth-order valence-electron chi connectivity index (χ4n) is 3.12. The first-order valence-electron chi connectivity index (χ1n) is 7.75. The number of fused-ring (bicyclic) bond motifs is 2. The van der Waals surface area contributed by atoms with E-state index in [0.717, 1.165) is 0 Å². The fourth-order valence-corrected chi connectivity index (χ4v) is 3.12. The second-order valence-corrected chi connectivity index (χ2v) is 5.74. The number of carbonyl (C=O) groups is 3. The second-order valence-electron chi connectivity index (χ2n) is 5.74. The van der Waals surface area contributed by atoms with Crippen molar-refractivity contribution in [3.63, 3.8) is 0 Å². The summed E-state index contributed by atoms with van der Waals surface area (Å²) in [5.74, 6) is -0.688. The smallest absolute Gasteiger partial charge is 0.344 e. The van der Waals surface area contributed by atoms with Crippen LogP contribution in [0.5, 0.6) is 11.5 Å². The van der Waals surface area contributed by atoms with Crippen molar-refractivity contribution in [1.82, 2.24) is 5.32 Å². The van der Waals surface area contributed by atoms with Crippen molar-refractivity contribution in [2.24, 2.45) is 0 Å². The average molecular weight is 354 g/mol. The van der Waals surface area contributed by atoms with Gasteiger partial charge in [0.25, 0.3) is 11.8 Å². The van der Waals surface area contributed by atoms with E-state index in [1.807, 2.05) is 0 Å². The molecule has 8 nitrogen and oxygen atoms in total. The van der Waals surface area contributed by atoms with Crippen LogP contribution in [-0.2, 0) is 4.74 Å². The van der Waals surface area contributed by atoms with Gasteiger partial charge in [-0.2, -0.15) is 0 Å². The predicted molar refractivity (Wildman–Crippen MR) is 89.6 cm³/mol. The molecule has 0 fully saturated rings. The maximum atomic E-state index is 12.3. The van der Waals surface area contributed by atoms with Crippen molar-refractivity contribution in [2.75, 3.05) is 19.5 Å². The highest BCUT2D eigenvalue weighted by Crippen LogP contribution is 2.42. The molecule has 0 spiro atoms. The highest BCUT2D eigenvalue weighted by Gasteiger charge is 2.36. The number of methoxy groups -OCH3 is 2. The molecule has 2 aliphatic rings. The van der Waals surface area contributed by atoms with E-state index in [0.29, 0.717) is 33.9 Å². The zero-order chi connectivity index (χ0) is 18.4. The van der Waals surface area contributed by atoms with Gasteiger partial charge in [0.15, 0.2) is 11.5 Å². The first-order valence-corrected chi connectivity index (χ1v) is 7.75. The Kier molecular flexibility index (Phi) is 3.54. The highest BCUT2D eigenvalue weighted by molar-refractivity contribution is 6.21. The fraction of sp³-hybridized carbons (Fsp3) is 0.167. The molecule has 0 saturated carbocycles. The van der Waals surface area contributed by atoms with Gasteiger partial charge in [-0.25, -0.2) is 4.79 Å². The van der Waals surface area contributed by atoms with Gasteiger partial charge in [0.1, 0.15) is 5.56 Å². The van der Waals surface area contributed by atoms with Crippen LogP contribution >= 0.6 is 0 Å². The Hall–Kier alpha value is -3.55. The minimum absolute atomic E-state index is 0.275. The van der Waals surface area contributed by atoms with Gasteiger partial charge >= 0.3 is 5.97 Å². The molecular formula is C18H14N2O6. The Morgan fingerprint density at radius 2 is 1.77 bits per heavy atom. The van der Waals surface area contributed by atoms with Gasteiger partial charge in [-0.1, -0.05) is 0 Å². The Bertz CT molecular complexity index is 968. The number of esters is 1. The SMILES string of the molecule is COc1ccc2c(c1OC)C(=O)O[C@@H]2Nc1ccc2c(c1)C(=O)NC2=O. The number of amides is 2. The molecule has 4 rings (SSSR count). The standard InChI is InChI=1S/C18H14N2O6/c1-24-12-6-5-10-13(14(12)25-2)18(23)26-17(10)19-8-3-4-9-11(7-8)16(22)20-15(9)21/h3-7,17,19H,1-2H3,(H,20,21,22)/t17-/m0/s1. The van der Waals surface area contributed by atoms with Crippen LogP contribution in [0.4, 0.5) is 5.69 Å². The molecule has 1 atom stereocenters. The number of imide groups is 1. The maximum Gasteiger partial charge on any atom is 0.344 e. The summed E-state index contributed by atoms with van der Waals surface area (Å²) in [6, 6.07) is 8.13. The zero-order valence-corrected chi connectivity index (χ0v) is 13.9. The van der Waals surface area contributed by atoms with E-state index < -0.39 is 24.0 Å². The molecule has 0 bridgehead atoms. The highest BCUT2D eigenvalue weighted by atomic mass is 16.6. The summed E-state index contributed by atoms with van der Waals surface area (Å²) in [6.07, 6.45) is -0.754. The van der Waals surface area contributed by atoms with Crippen molar-refractivity contribution in [3.8, 4) is 11.5 Å². The van der Waals surface area contributed by atoms with Crippen LogP contribution in [-0.4, -0.2) is 32.0 Å². The Balaban J connectivity index is 1.69. The van der Waals surface area contributed by atoms with Gasteiger partial charge in [-0.05, 0) is 30.3 Å². The Morgan fingerprint density at radius 1 is 1.00 bits per heavy atom. The van der Waals surface area contributed by atoms with E-state index in [-0.39, 0.29) is 5.56 Å². The van der Waals surface area contributed by atoms with Gasteiger partial charge in [0.05, 0.1) is 25.3 Å². The molecule has 2 N–H and O–H groups in total. The summed E-state index contributed by atoms with van der Waals surface area (Å²) < 4.78 is 15.9. The molecule has 26 heavy (non-hydrogen) atoms. The molecule has 0 aromatic heterocycles. The normalized spacial score (nSPS) is 17.3. The molecule has 132 valence electrons. The summed E-state index contributed by atoms with van der Waals surface area (Å²) in [7, 11) is 2.93. The molecule has 2 amide bonds. The molecular weight excluding hydrogens is 340 g/mol. The van der Waals surface area contributed by atoms with Crippen molar-refractivity contribution in [3.05, 3.63) is 52.6 Å². The van der Waals surface area contributed by atoms with Crippen molar-refractivity contribution >= 4 is 23.5 Å².